The van der Waals surface area contributed by atoms with Gasteiger partial charge in [0.2, 0.25) is 0 Å². The Hall–Kier alpha value is -1.17. The van der Waals surface area contributed by atoms with Crippen molar-refractivity contribution in [3.05, 3.63) is 11.6 Å². The number of rotatable bonds is 3. The lowest BCUT2D eigenvalue weighted by Gasteiger charge is -1.99. The summed E-state index contributed by atoms with van der Waals surface area (Å²) in [5.74, 6) is 0. The van der Waals surface area contributed by atoms with Gasteiger partial charge in [-0.3, -0.25) is 0 Å². The largest absolute Gasteiger partial charge is 0.414 e. The maximum atomic E-state index is 11.5. The van der Waals surface area contributed by atoms with Gasteiger partial charge in [-0.1, -0.05) is 11.3 Å². The average molecular weight is 190 g/mol. The lowest BCUT2D eigenvalue weighted by Crippen LogP contribution is -2.28. The Morgan fingerprint density at radius 2 is 2.67 bits per heavy atom. The number of carbonyl (C=O) groups excluding carboxylic acids is 1. The van der Waals surface area contributed by atoms with Crippen molar-refractivity contribution in [3.8, 4) is 5.19 Å². The van der Waals surface area contributed by atoms with E-state index in [-0.39, 0.29) is 11.7 Å². The molecular weight excluding hydrogens is 183 g/mol. The van der Waals surface area contributed by atoms with Crippen LogP contribution < -0.4 is 10.1 Å². The number of carbonyl (C=O) groups is 1. The minimum absolute atomic E-state index is 0.0375. The molecule has 1 aromatic heterocycles. The molecule has 0 fully saturated rings. The monoisotopic (exact) mass is 190 g/mol. The van der Waals surface area contributed by atoms with Gasteiger partial charge in [-0.15, -0.1) is 0 Å². The maximum Gasteiger partial charge on any atom is 0.414 e. The number of nitrogens with zero attached hydrogens (tertiary/aromatic N) is 1. The molecule has 0 spiro atoms. The molecule has 0 saturated carbocycles. The Morgan fingerprint density at radius 1 is 1.83 bits per heavy atom. The Kier molecular flexibility index (Phi) is 3.46. The molecule has 0 aliphatic rings. The number of aromatic nitrogens is 1. The zero-order valence-corrected chi connectivity index (χ0v) is 6.94. The number of hydrogen-bond acceptors (Lipinski definition) is 4. The molecule has 1 amide bonds. The predicted molar refractivity (Wildman–Crippen MR) is 42.1 cm³/mol. The quantitative estimate of drug-likeness (QED) is 0.779. The highest BCUT2D eigenvalue weighted by atomic mass is 32.1. The van der Waals surface area contributed by atoms with Crippen molar-refractivity contribution in [2.24, 2.45) is 0 Å². The number of ether oxygens (including phenoxy) is 1. The Balaban J connectivity index is 2.27. The normalized spacial score (nSPS) is 9.42. The van der Waals surface area contributed by atoms with Crippen LogP contribution in [0.25, 0.3) is 0 Å². The number of hydrogen-bond donors (Lipinski definition) is 1. The van der Waals surface area contributed by atoms with Crippen molar-refractivity contribution in [2.75, 3.05) is 13.2 Å². The number of thiazole rings is 1. The molecule has 66 valence electrons. The van der Waals surface area contributed by atoms with E-state index < -0.39 is 12.8 Å². The molecule has 4 nitrogen and oxygen atoms in total. The summed E-state index contributed by atoms with van der Waals surface area (Å²) in [6, 6.07) is 0. The predicted octanol–water partition coefficient (Wildman–Crippen LogP) is 1.20. The minimum atomic E-state index is -0.678. The second-order valence-electron chi connectivity index (χ2n) is 1.80. The van der Waals surface area contributed by atoms with Crippen molar-refractivity contribution in [1.82, 2.24) is 10.3 Å². The van der Waals surface area contributed by atoms with E-state index >= 15 is 0 Å². The van der Waals surface area contributed by atoms with Gasteiger partial charge in [-0.25, -0.2) is 14.2 Å². The maximum absolute atomic E-state index is 11.5. The number of halogens is 1. The Labute approximate surface area is 72.4 Å². The van der Waals surface area contributed by atoms with E-state index in [1.807, 2.05) is 0 Å². The van der Waals surface area contributed by atoms with Crippen LogP contribution in [0.4, 0.5) is 9.18 Å². The van der Waals surface area contributed by atoms with Crippen LogP contribution >= 0.6 is 11.3 Å². The van der Waals surface area contributed by atoms with E-state index in [2.05, 4.69) is 15.0 Å². The molecule has 0 unspecified atom stereocenters. The molecule has 12 heavy (non-hydrogen) atoms. The Bertz CT molecular complexity index is 240. The lowest BCUT2D eigenvalue weighted by molar-refractivity contribution is 0.199. The van der Waals surface area contributed by atoms with Crippen molar-refractivity contribution in [2.45, 2.75) is 0 Å². The smallest absolute Gasteiger partial charge is 0.381 e. The van der Waals surface area contributed by atoms with E-state index in [9.17, 15) is 9.18 Å². The first-order valence-corrected chi connectivity index (χ1v) is 4.12. The second-order valence-corrected chi connectivity index (χ2v) is 2.66. The van der Waals surface area contributed by atoms with Gasteiger partial charge >= 0.3 is 6.09 Å². The third kappa shape index (κ3) is 2.83. The highest BCUT2D eigenvalue weighted by Gasteiger charge is 2.03. The summed E-state index contributed by atoms with van der Waals surface area (Å²) in [7, 11) is 0. The first-order valence-electron chi connectivity index (χ1n) is 3.24. The van der Waals surface area contributed by atoms with Gasteiger partial charge in [0, 0.05) is 18.1 Å². The van der Waals surface area contributed by atoms with Crippen LogP contribution in [-0.2, 0) is 0 Å². The summed E-state index contributed by atoms with van der Waals surface area (Å²) in [6.07, 6.45) is 0.838. The van der Waals surface area contributed by atoms with Crippen LogP contribution in [0.3, 0.4) is 0 Å². The van der Waals surface area contributed by atoms with Gasteiger partial charge in [-0.2, -0.15) is 0 Å². The lowest BCUT2D eigenvalue weighted by atomic mass is 10.7. The molecule has 0 saturated heterocycles. The number of nitrogens with one attached hydrogen (secondary N) is 1. The summed E-state index contributed by atoms with van der Waals surface area (Å²) < 4.78 is 16.2. The molecule has 0 aromatic carbocycles. The van der Waals surface area contributed by atoms with E-state index in [0.717, 1.165) is 0 Å². The highest BCUT2D eigenvalue weighted by Crippen LogP contribution is 2.12. The van der Waals surface area contributed by atoms with Gasteiger partial charge < -0.3 is 10.1 Å². The van der Waals surface area contributed by atoms with Crippen molar-refractivity contribution < 1.29 is 13.9 Å². The van der Waals surface area contributed by atoms with Gasteiger partial charge in [0.1, 0.15) is 6.67 Å². The summed E-state index contributed by atoms with van der Waals surface area (Å²) in [5, 5.41) is 4.14. The van der Waals surface area contributed by atoms with E-state index in [1.165, 1.54) is 17.5 Å². The fraction of sp³-hybridized carbons (Fsp3) is 0.333. The molecular formula is C6H7FN2O2S. The van der Waals surface area contributed by atoms with Crippen LogP contribution in [0, 0.1) is 0 Å². The number of amides is 1. The van der Waals surface area contributed by atoms with Crippen LogP contribution in [0.5, 0.6) is 5.19 Å². The molecule has 1 heterocycles. The van der Waals surface area contributed by atoms with E-state index in [0.29, 0.717) is 0 Å². The first-order chi connectivity index (χ1) is 5.83. The molecule has 0 radical (unpaired) electrons. The number of alkyl halides is 1. The summed E-state index contributed by atoms with van der Waals surface area (Å²) in [5.41, 5.74) is 0. The minimum Gasteiger partial charge on any atom is -0.381 e. The van der Waals surface area contributed by atoms with Gasteiger partial charge in [0.15, 0.2) is 0 Å². The van der Waals surface area contributed by atoms with Gasteiger partial charge in [0.25, 0.3) is 5.19 Å². The van der Waals surface area contributed by atoms with Crippen molar-refractivity contribution >= 4 is 17.4 Å². The summed E-state index contributed by atoms with van der Waals surface area (Å²) in [6.45, 7) is -0.642. The van der Waals surface area contributed by atoms with E-state index in [4.69, 9.17) is 0 Å². The third-order valence-corrected chi connectivity index (χ3v) is 1.60. The topological polar surface area (TPSA) is 51.2 Å². The molecule has 1 aromatic rings. The molecule has 0 atom stereocenters. The van der Waals surface area contributed by atoms with Crippen LogP contribution in [0.15, 0.2) is 11.6 Å². The second kappa shape index (κ2) is 4.66. The average Bonchev–Trinajstić information content (AvgIpc) is 2.53. The summed E-state index contributed by atoms with van der Waals surface area (Å²) in [4.78, 5) is 14.4. The van der Waals surface area contributed by atoms with Crippen molar-refractivity contribution in [3.63, 3.8) is 0 Å². The molecule has 6 heteroatoms. The highest BCUT2D eigenvalue weighted by molar-refractivity contribution is 7.11. The SMILES string of the molecule is O=C(NCCF)Oc1nccs1. The first kappa shape index (κ1) is 8.92. The van der Waals surface area contributed by atoms with E-state index in [1.54, 1.807) is 5.38 Å². The molecule has 1 N–H and O–H groups in total. The van der Waals surface area contributed by atoms with Crippen LogP contribution in [-0.4, -0.2) is 24.3 Å². The summed E-state index contributed by atoms with van der Waals surface area (Å²) >= 11 is 1.20. The zero-order valence-electron chi connectivity index (χ0n) is 6.12. The molecule has 0 aliphatic heterocycles. The third-order valence-electron chi connectivity index (χ3n) is 0.953. The molecule has 0 bridgehead atoms. The van der Waals surface area contributed by atoms with Crippen LogP contribution in [0.1, 0.15) is 0 Å². The fourth-order valence-electron chi connectivity index (χ4n) is 0.525. The van der Waals surface area contributed by atoms with Gasteiger partial charge in [0.05, 0.1) is 0 Å². The zero-order chi connectivity index (χ0) is 8.81. The van der Waals surface area contributed by atoms with Crippen molar-refractivity contribution in [1.29, 1.82) is 0 Å². The van der Waals surface area contributed by atoms with Gasteiger partial charge in [-0.05, 0) is 0 Å². The standard InChI is InChI=1S/C6H7FN2O2S/c7-1-2-8-5(10)11-6-9-3-4-12-6/h3-4H,1-2H2,(H,8,10). The molecule has 0 aliphatic carbocycles. The fourth-order valence-corrected chi connectivity index (χ4v) is 1.01. The molecule has 1 rings (SSSR count). The Morgan fingerprint density at radius 3 is 3.25 bits per heavy atom. The van der Waals surface area contributed by atoms with Crippen LogP contribution in [0.2, 0.25) is 0 Å².